The van der Waals surface area contributed by atoms with E-state index in [0.29, 0.717) is 6.54 Å². The van der Waals surface area contributed by atoms with Crippen LogP contribution in [-0.2, 0) is 4.79 Å². The minimum atomic E-state index is 0.0442. The molecule has 0 spiro atoms. The molecule has 0 aromatic heterocycles. The van der Waals surface area contributed by atoms with Gasteiger partial charge in [-0.15, -0.1) is 0 Å². The summed E-state index contributed by atoms with van der Waals surface area (Å²) < 4.78 is 11.0. The summed E-state index contributed by atoms with van der Waals surface area (Å²) in [6.07, 6.45) is 5.20. The molecule has 2 aliphatic rings. The SMILES string of the molecule is COc1ccc(OC)c([C@H]2CCCN2C(=O)CN2CC=C(c3ccccc3)CC2)c1. The van der Waals surface area contributed by atoms with Gasteiger partial charge in [-0.25, -0.2) is 0 Å². The van der Waals surface area contributed by atoms with Crippen molar-refractivity contribution < 1.29 is 14.3 Å². The summed E-state index contributed by atoms with van der Waals surface area (Å²) in [5.41, 5.74) is 3.69. The highest BCUT2D eigenvalue weighted by Gasteiger charge is 2.33. The van der Waals surface area contributed by atoms with E-state index < -0.39 is 0 Å². The monoisotopic (exact) mass is 406 g/mol. The molecule has 158 valence electrons. The molecule has 30 heavy (non-hydrogen) atoms. The molecule has 0 radical (unpaired) electrons. The van der Waals surface area contributed by atoms with Gasteiger partial charge in [0.05, 0.1) is 26.8 Å². The molecule has 0 saturated carbocycles. The van der Waals surface area contributed by atoms with E-state index in [4.69, 9.17) is 9.47 Å². The van der Waals surface area contributed by atoms with Crippen molar-refractivity contribution >= 4 is 11.5 Å². The molecule has 1 amide bonds. The summed E-state index contributed by atoms with van der Waals surface area (Å²) in [5.74, 6) is 1.80. The fraction of sp³-hybridized carbons (Fsp3) is 0.400. The van der Waals surface area contributed by atoms with Crippen LogP contribution in [0.4, 0.5) is 0 Å². The van der Waals surface area contributed by atoms with Gasteiger partial charge >= 0.3 is 0 Å². The number of carbonyl (C=O) groups is 1. The maximum absolute atomic E-state index is 13.2. The second kappa shape index (κ2) is 9.35. The number of carbonyl (C=O) groups excluding carboxylic acids is 1. The average molecular weight is 407 g/mol. The zero-order valence-corrected chi connectivity index (χ0v) is 17.8. The Morgan fingerprint density at radius 1 is 1.07 bits per heavy atom. The van der Waals surface area contributed by atoms with Crippen LogP contribution in [0, 0.1) is 0 Å². The normalized spacial score (nSPS) is 19.5. The number of nitrogens with zero attached hydrogens (tertiary/aromatic N) is 2. The highest BCUT2D eigenvalue weighted by molar-refractivity contribution is 5.79. The molecular formula is C25H30N2O3. The van der Waals surface area contributed by atoms with Gasteiger partial charge in [-0.3, -0.25) is 9.69 Å². The van der Waals surface area contributed by atoms with Crippen molar-refractivity contribution in [3.05, 3.63) is 65.7 Å². The van der Waals surface area contributed by atoms with E-state index >= 15 is 0 Å². The third kappa shape index (κ3) is 4.36. The van der Waals surface area contributed by atoms with Crippen molar-refractivity contribution in [3.63, 3.8) is 0 Å². The predicted octanol–water partition coefficient (Wildman–Crippen LogP) is 4.16. The molecule has 4 rings (SSSR count). The maximum atomic E-state index is 13.2. The fourth-order valence-corrected chi connectivity index (χ4v) is 4.54. The average Bonchev–Trinajstić information content (AvgIpc) is 3.30. The lowest BCUT2D eigenvalue weighted by Crippen LogP contribution is -2.41. The standard InChI is InChI=1S/C25H30N2O3/c1-29-21-10-11-24(30-2)22(17-21)23-9-6-14-27(23)25(28)18-26-15-12-20(13-16-26)19-7-4-3-5-8-19/h3-5,7-8,10-12,17,23H,6,9,13-16,18H2,1-2H3/t23-/m1/s1. The first-order valence-electron chi connectivity index (χ1n) is 10.7. The zero-order valence-electron chi connectivity index (χ0n) is 17.8. The Hall–Kier alpha value is -2.79. The highest BCUT2D eigenvalue weighted by Crippen LogP contribution is 2.39. The number of ether oxygens (including phenoxy) is 2. The largest absolute Gasteiger partial charge is 0.497 e. The number of likely N-dealkylation sites (tertiary alicyclic amines) is 1. The third-order valence-corrected chi connectivity index (χ3v) is 6.17. The van der Waals surface area contributed by atoms with Gasteiger partial charge in [-0.1, -0.05) is 36.4 Å². The van der Waals surface area contributed by atoms with Gasteiger partial charge in [-0.05, 0) is 48.6 Å². The topological polar surface area (TPSA) is 42.0 Å². The maximum Gasteiger partial charge on any atom is 0.237 e. The molecule has 2 aliphatic heterocycles. The Bertz CT molecular complexity index is 910. The van der Waals surface area contributed by atoms with Crippen molar-refractivity contribution in [2.75, 3.05) is 40.4 Å². The minimum Gasteiger partial charge on any atom is -0.497 e. The molecular weight excluding hydrogens is 376 g/mol. The molecule has 0 bridgehead atoms. The minimum absolute atomic E-state index is 0.0442. The van der Waals surface area contributed by atoms with E-state index in [1.54, 1.807) is 14.2 Å². The second-order valence-corrected chi connectivity index (χ2v) is 7.93. The van der Waals surface area contributed by atoms with Crippen LogP contribution in [0.1, 0.15) is 36.4 Å². The van der Waals surface area contributed by atoms with E-state index in [-0.39, 0.29) is 11.9 Å². The number of hydrogen-bond donors (Lipinski definition) is 0. The molecule has 1 saturated heterocycles. The molecule has 2 aromatic rings. The molecule has 5 nitrogen and oxygen atoms in total. The van der Waals surface area contributed by atoms with Crippen LogP contribution in [0.3, 0.4) is 0 Å². The lowest BCUT2D eigenvalue weighted by molar-refractivity contribution is -0.133. The zero-order chi connectivity index (χ0) is 20.9. The van der Waals surface area contributed by atoms with Crippen LogP contribution in [-0.4, -0.2) is 56.1 Å². The van der Waals surface area contributed by atoms with Crippen molar-refractivity contribution in [2.45, 2.75) is 25.3 Å². The Morgan fingerprint density at radius 2 is 1.90 bits per heavy atom. The van der Waals surface area contributed by atoms with E-state index in [9.17, 15) is 4.79 Å². The summed E-state index contributed by atoms with van der Waals surface area (Å²) in [6.45, 7) is 2.98. The van der Waals surface area contributed by atoms with Gasteiger partial charge in [0.1, 0.15) is 11.5 Å². The van der Waals surface area contributed by atoms with Crippen LogP contribution in [0.25, 0.3) is 5.57 Å². The second-order valence-electron chi connectivity index (χ2n) is 7.93. The quantitative estimate of drug-likeness (QED) is 0.723. The lowest BCUT2D eigenvalue weighted by Gasteiger charge is -2.31. The number of rotatable bonds is 6. The molecule has 2 aromatic carbocycles. The van der Waals surface area contributed by atoms with Crippen LogP contribution in [0.5, 0.6) is 11.5 Å². The highest BCUT2D eigenvalue weighted by atomic mass is 16.5. The van der Waals surface area contributed by atoms with Gasteiger partial charge in [-0.2, -0.15) is 0 Å². The molecule has 0 aliphatic carbocycles. The molecule has 1 fully saturated rings. The summed E-state index contributed by atoms with van der Waals surface area (Å²) in [5, 5.41) is 0. The van der Waals surface area contributed by atoms with Crippen molar-refractivity contribution in [2.24, 2.45) is 0 Å². The van der Waals surface area contributed by atoms with Crippen molar-refractivity contribution in [1.29, 1.82) is 0 Å². The van der Waals surface area contributed by atoms with E-state index in [1.165, 1.54) is 11.1 Å². The fourth-order valence-electron chi connectivity index (χ4n) is 4.54. The van der Waals surface area contributed by atoms with E-state index in [0.717, 1.165) is 56.0 Å². The molecule has 5 heteroatoms. The van der Waals surface area contributed by atoms with Gasteiger partial charge in [0.2, 0.25) is 5.91 Å². The summed E-state index contributed by atoms with van der Waals surface area (Å²) in [7, 11) is 3.34. The molecule has 2 heterocycles. The van der Waals surface area contributed by atoms with Crippen LogP contribution >= 0.6 is 0 Å². The first-order chi connectivity index (χ1) is 14.7. The van der Waals surface area contributed by atoms with Gasteiger partial charge in [0.25, 0.3) is 0 Å². The first-order valence-corrected chi connectivity index (χ1v) is 10.7. The van der Waals surface area contributed by atoms with Gasteiger partial charge in [0.15, 0.2) is 0 Å². The van der Waals surface area contributed by atoms with Gasteiger partial charge in [0, 0.05) is 25.2 Å². The van der Waals surface area contributed by atoms with Crippen molar-refractivity contribution in [3.8, 4) is 11.5 Å². The summed E-state index contributed by atoms with van der Waals surface area (Å²) in [4.78, 5) is 17.5. The number of benzene rings is 2. The molecule has 0 unspecified atom stereocenters. The third-order valence-electron chi connectivity index (χ3n) is 6.17. The predicted molar refractivity (Wildman–Crippen MR) is 119 cm³/mol. The lowest BCUT2D eigenvalue weighted by atomic mass is 9.99. The number of amides is 1. The molecule has 1 atom stereocenters. The van der Waals surface area contributed by atoms with Crippen LogP contribution in [0.15, 0.2) is 54.6 Å². The Morgan fingerprint density at radius 3 is 2.60 bits per heavy atom. The van der Waals surface area contributed by atoms with E-state index in [2.05, 4.69) is 35.2 Å². The van der Waals surface area contributed by atoms with E-state index in [1.807, 2.05) is 29.2 Å². The number of methoxy groups -OCH3 is 2. The van der Waals surface area contributed by atoms with Crippen molar-refractivity contribution in [1.82, 2.24) is 9.80 Å². The Balaban J connectivity index is 1.43. The van der Waals surface area contributed by atoms with Crippen LogP contribution in [0.2, 0.25) is 0 Å². The number of hydrogen-bond acceptors (Lipinski definition) is 4. The summed E-state index contributed by atoms with van der Waals surface area (Å²) >= 11 is 0. The Kier molecular flexibility index (Phi) is 6.38. The summed E-state index contributed by atoms with van der Waals surface area (Å²) in [6, 6.07) is 16.4. The Labute approximate surface area is 178 Å². The van der Waals surface area contributed by atoms with Crippen LogP contribution < -0.4 is 9.47 Å². The van der Waals surface area contributed by atoms with Gasteiger partial charge < -0.3 is 14.4 Å². The molecule has 0 N–H and O–H groups in total. The smallest absolute Gasteiger partial charge is 0.237 e. The first kappa shape index (κ1) is 20.5.